The Hall–Kier alpha value is -1.36. The van der Waals surface area contributed by atoms with E-state index in [1.54, 1.807) is 6.20 Å². The molecule has 2 heterocycles. The van der Waals surface area contributed by atoms with Crippen LogP contribution in [0.4, 0.5) is 5.82 Å². The first-order valence-electron chi connectivity index (χ1n) is 4.60. The van der Waals surface area contributed by atoms with Crippen molar-refractivity contribution in [3.05, 3.63) is 40.3 Å². The summed E-state index contributed by atoms with van der Waals surface area (Å²) >= 11 is 3.43. The normalized spacial score (nSPS) is 10.3. The minimum atomic E-state index is 0.720. The van der Waals surface area contributed by atoms with Gasteiger partial charge in [-0.2, -0.15) is 5.10 Å². The Morgan fingerprint density at radius 3 is 3.07 bits per heavy atom. The van der Waals surface area contributed by atoms with Crippen LogP contribution in [0.1, 0.15) is 11.3 Å². The van der Waals surface area contributed by atoms with Crippen LogP contribution >= 0.6 is 15.9 Å². The fourth-order valence-corrected chi connectivity index (χ4v) is 1.64. The molecule has 2 N–H and O–H groups in total. The summed E-state index contributed by atoms with van der Waals surface area (Å²) in [5.74, 6) is 0.845. The minimum absolute atomic E-state index is 0.720. The molecule has 0 fully saturated rings. The molecule has 0 spiro atoms. The summed E-state index contributed by atoms with van der Waals surface area (Å²) in [7, 11) is 0. The number of aryl methyl sites for hydroxylation is 1. The van der Waals surface area contributed by atoms with Gasteiger partial charge < -0.3 is 5.32 Å². The second-order valence-electron chi connectivity index (χ2n) is 3.21. The summed E-state index contributed by atoms with van der Waals surface area (Å²) in [6.07, 6.45) is 3.58. The zero-order chi connectivity index (χ0) is 10.7. The van der Waals surface area contributed by atoms with Crippen LogP contribution in [0.25, 0.3) is 0 Å². The highest BCUT2D eigenvalue weighted by atomic mass is 79.9. The fourth-order valence-electron chi connectivity index (χ4n) is 1.25. The molecule has 0 unspecified atom stereocenters. The topological polar surface area (TPSA) is 53.6 Å². The number of aromatic amines is 1. The molecule has 0 aliphatic carbocycles. The molecule has 0 amide bonds. The molecular weight excluding hydrogens is 256 g/mol. The Morgan fingerprint density at radius 2 is 2.40 bits per heavy atom. The van der Waals surface area contributed by atoms with E-state index < -0.39 is 0 Å². The van der Waals surface area contributed by atoms with Gasteiger partial charge in [-0.15, -0.1) is 0 Å². The van der Waals surface area contributed by atoms with Gasteiger partial charge in [0.2, 0.25) is 0 Å². The van der Waals surface area contributed by atoms with Gasteiger partial charge in [-0.25, -0.2) is 4.98 Å². The van der Waals surface area contributed by atoms with Gasteiger partial charge in [-0.3, -0.25) is 5.10 Å². The van der Waals surface area contributed by atoms with Crippen LogP contribution in [-0.2, 0) is 6.54 Å². The first kappa shape index (κ1) is 10.2. The maximum atomic E-state index is 4.22. The molecular formula is C10H11BrN4. The minimum Gasteiger partial charge on any atom is -0.365 e. The molecule has 0 saturated heterocycles. The number of H-pyrrole nitrogens is 1. The Labute approximate surface area is 96.3 Å². The molecule has 0 saturated carbocycles. The third kappa shape index (κ3) is 2.36. The van der Waals surface area contributed by atoms with E-state index in [1.807, 2.05) is 25.3 Å². The Balaban J connectivity index is 2.06. The first-order valence-corrected chi connectivity index (χ1v) is 5.40. The van der Waals surface area contributed by atoms with E-state index in [4.69, 9.17) is 0 Å². The van der Waals surface area contributed by atoms with Gasteiger partial charge in [-0.05, 0) is 35.0 Å². The molecule has 78 valence electrons. The summed E-state index contributed by atoms with van der Waals surface area (Å²) in [4.78, 5) is 4.22. The largest absolute Gasteiger partial charge is 0.365 e. The van der Waals surface area contributed by atoms with E-state index in [2.05, 4.69) is 36.4 Å². The van der Waals surface area contributed by atoms with Crippen LogP contribution in [0.3, 0.4) is 0 Å². The van der Waals surface area contributed by atoms with E-state index in [9.17, 15) is 0 Å². The van der Waals surface area contributed by atoms with E-state index in [0.717, 1.165) is 28.1 Å². The maximum absolute atomic E-state index is 4.22. The highest BCUT2D eigenvalue weighted by Crippen LogP contribution is 2.19. The van der Waals surface area contributed by atoms with Gasteiger partial charge >= 0.3 is 0 Å². The molecule has 0 aliphatic rings. The molecule has 0 atom stereocenters. The van der Waals surface area contributed by atoms with Crippen LogP contribution in [0, 0.1) is 6.92 Å². The van der Waals surface area contributed by atoms with Gasteiger partial charge in [0.05, 0.1) is 10.7 Å². The molecule has 0 aromatic carbocycles. The fraction of sp³-hybridized carbons (Fsp3) is 0.200. The molecule has 2 rings (SSSR count). The summed E-state index contributed by atoms with van der Waals surface area (Å²) in [6.45, 7) is 2.72. The SMILES string of the molecule is Cc1[nH]ncc1CNc1ncccc1Br. The van der Waals surface area contributed by atoms with Crippen molar-refractivity contribution < 1.29 is 0 Å². The van der Waals surface area contributed by atoms with Gasteiger partial charge in [0.1, 0.15) is 5.82 Å². The van der Waals surface area contributed by atoms with Crippen molar-refractivity contribution in [2.45, 2.75) is 13.5 Å². The first-order chi connectivity index (χ1) is 7.27. The lowest BCUT2D eigenvalue weighted by atomic mass is 10.2. The number of aromatic nitrogens is 3. The molecule has 2 aromatic heterocycles. The van der Waals surface area contributed by atoms with Gasteiger partial charge in [0.25, 0.3) is 0 Å². The number of rotatable bonds is 3. The van der Waals surface area contributed by atoms with Gasteiger partial charge in [0.15, 0.2) is 0 Å². The number of hydrogen-bond acceptors (Lipinski definition) is 3. The van der Waals surface area contributed by atoms with Crippen molar-refractivity contribution >= 4 is 21.7 Å². The van der Waals surface area contributed by atoms with Crippen molar-refractivity contribution in [1.82, 2.24) is 15.2 Å². The highest BCUT2D eigenvalue weighted by Gasteiger charge is 2.02. The molecule has 0 aliphatic heterocycles. The second kappa shape index (κ2) is 4.44. The third-order valence-electron chi connectivity index (χ3n) is 2.14. The van der Waals surface area contributed by atoms with Crippen LogP contribution in [0.15, 0.2) is 29.0 Å². The smallest absolute Gasteiger partial charge is 0.140 e. The van der Waals surface area contributed by atoms with Gasteiger partial charge in [0, 0.05) is 24.0 Å². The molecule has 5 heteroatoms. The number of hydrogen-bond donors (Lipinski definition) is 2. The van der Waals surface area contributed by atoms with Crippen LogP contribution < -0.4 is 5.32 Å². The maximum Gasteiger partial charge on any atom is 0.140 e. The van der Waals surface area contributed by atoms with Crippen molar-refractivity contribution in [1.29, 1.82) is 0 Å². The zero-order valence-electron chi connectivity index (χ0n) is 8.29. The number of halogens is 1. The summed E-state index contributed by atoms with van der Waals surface area (Å²) in [5.41, 5.74) is 2.22. The average molecular weight is 267 g/mol. The van der Waals surface area contributed by atoms with E-state index >= 15 is 0 Å². The second-order valence-corrected chi connectivity index (χ2v) is 4.06. The zero-order valence-corrected chi connectivity index (χ0v) is 9.87. The predicted molar refractivity (Wildman–Crippen MR) is 62.6 cm³/mol. The highest BCUT2D eigenvalue weighted by molar-refractivity contribution is 9.10. The van der Waals surface area contributed by atoms with Crippen LogP contribution in [0.5, 0.6) is 0 Å². The Kier molecular flexibility index (Phi) is 3.01. The van der Waals surface area contributed by atoms with Crippen molar-refractivity contribution in [3.8, 4) is 0 Å². The van der Waals surface area contributed by atoms with Gasteiger partial charge in [-0.1, -0.05) is 0 Å². The quantitative estimate of drug-likeness (QED) is 0.898. The lowest BCUT2D eigenvalue weighted by molar-refractivity contribution is 1.04. The molecule has 2 aromatic rings. The van der Waals surface area contributed by atoms with E-state index in [-0.39, 0.29) is 0 Å². The third-order valence-corrected chi connectivity index (χ3v) is 2.78. The monoisotopic (exact) mass is 266 g/mol. The Morgan fingerprint density at radius 1 is 1.53 bits per heavy atom. The number of nitrogens with zero attached hydrogens (tertiary/aromatic N) is 2. The predicted octanol–water partition coefficient (Wildman–Crippen LogP) is 2.49. The number of anilines is 1. The summed E-state index contributed by atoms with van der Waals surface area (Å²) in [5, 5.41) is 10.1. The summed E-state index contributed by atoms with van der Waals surface area (Å²) < 4.78 is 0.964. The molecule has 0 radical (unpaired) electrons. The van der Waals surface area contributed by atoms with Crippen molar-refractivity contribution in [3.63, 3.8) is 0 Å². The van der Waals surface area contributed by atoms with Crippen molar-refractivity contribution in [2.75, 3.05) is 5.32 Å². The molecule has 4 nitrogen and oxygen atoms in total. The lowest BCUT2D eigenvalue weighted by Gasteiger charge is -2.05. The lowest BCUT2D eigenvalue weighted by Crippen LogP contribution is -2.02. The van der Waals surface area contributed by atoms with E-state index in [1.165, 1.54) is 0 Å². The van der Waals surface area contributed by atoms with E-state index in [0.29, 0.717) is 0 Å². The molecule has 15 heavy (non-hydrogen) atoms. The standard InChI is InChI=1S/C10H11BrN4/c1-7-8(6-14-15-7)5-13-10-9(11)3-2-4-12-10/h2-4,6H,5H2,1H3,(H,12,13)(H,14,15). The number of pyridine rings is 1. The van der Waals surface area contributed by atoms with Crippen LogP contribution in [-0.4, -0.2) is 15.2 Å². The summed E-state index contributed by atoms with van der Waals surface area (Å²) in [6, 6.07) is 3.84. The molecule has 0 bridgehead atoms. The Bertz CT molecular complexity index is 452. The van der Waals surface area contributed by atoms with Crippen molar-refractivity contribution in [2.24, 2.45) is 0 Å². The average Bonchev–Trinajstić information content (AvgIpc) is 2.63. The van der Waals surface area contributed by atoms with Crippen LogP contribution in [0.2, 0.25) is 0 Å². The number of nitrogens with one attached hydrogen (secondary N) is 2.